The molecule has 0 aliphatic carbocycles. The molecule has 0 radical (unpaired) electrons. The number of allylic oxidation sites excluding steroid dienone is 2. The first-order valence-electron chi connectivity index (χ1n) is 3.16. The maximum atomic E-state index is 5.18. The third kappa shape index (κ3) is 2.90. The lowest BCUT2D eigenvalue weighted by Crippen LogP contribution is -2.18. The topological polar surface area (TPSA) is 12.5 Å². The number of hydrogen-bond acceptors (Lipinski definition) is 2. The third-order valence-electron chi connectivity index (χ3n) is 1.08. The molecule has 0 aromatic heterocycles. The van der Waals surface area contributed by atoms with Crippen molar-refractivity contribution in [2.45, 2.75) is 6.92 Å². The monoisotopic (exact) mass is 161 g/mol. The van der Waals surface area contributed by atoms with E-state index in [0.717, 1.165) is 13.2 Å². The van der Waals surface area contributed by atoms with Crippen LogP contribution in [-0.2, 0) is 4.84 Å². The molecule has 1 rings (SSSR count). The summed E-state index contributed by atoms with van der Waals surface area (Å²) in [4.78, 5) is 5.18. The molecule has 1 heterocycles. The fraction of sp³-hybridized carbons (Fsp3) is 0.429. The fourth-order valence-corrected chi connectivity index (χ4v) is 0.711. The second-order valence-corrected chi connectivity index (χ2v) is 1.79. The van der Waals surface area contributed by atoms with Gasteiger partial charge in [0.2, 0.25) is 0 Å². The fourth-order valence-electron chi connectivity index (χ4n) is 0.711. The Morgan fingerprint density at radius 1 is 1.50 bits per heavy atom. The number of nitrogens with zero attached hydrogens (tertiary/aromatic N) is 1. The predicted octanol–water partition coefficient (Wildman–Crippen LogP) is 1.75. The van der Waals surface area contributed by atoms with Crippen LogP contribution >= 0.6 is 12.4 Å². The number of rotatable bonds is 2. The van der Waals surface area contributed by atoms with E-state index < -0.39 is 0 Å². The number of hydrogen-bond donors (Lipinski definition) is 0. The van der Waals surface area contributed by atoms with Gasteiger partial charge in [-0.2, -0.15) is 0 Å². The van der Waals surface area contributed by atoms with Crippen molar-refractivity contribution in [1.82, 2.24) is 5.06 Å². The summed E-state index contributed by atoms with van der Waals surface area (Å²) in [7, 11) is 0. The minimum absolute atomic E-state index is 0. The van der Waals surface area contributed by atoms with Crippen molar-refractivity contribution in [3.8, 4) is 0 Å². The highest BCUT2D eigenvalue weighted by atomic mass is 35.5. The Hall–Kier alpha value is -0.470. The average molecular weight is 162 g/mol. The van der Waals surface area contributed by atoms with Crippen LogP contribution < -0.4 is 0 Å². The highest BCUT2D eigenvalue weighted by molar-refractivity contribution is 5.85. The zero-order valence-electron chi connectivity index (χ0n) is 5.99. The summed E-state index contributed by atoms with van der Waals surface area (Å²) in [6.07, 6.45) is 7.94. The second kappa shape index (κ2) is 5.33. The Kier molecular flexibility index (Phi) is 5.08. The molecule has 10 heavy (non-hydrogen) atoms. The van der Waals surface area contributed by atoms with Crippen molar-refractivity contribution in [2.24, 2.45) is 0 Å². The van der Waals surface area contributed by atoms with Gasteiger partial charge in [-0.15, -0.1) is 12.4 Å². The van der Waals surface area contributed by atoms with E-state index >= 15 is 0 Å². The first-order chi connectivity index (χ1) is 4.43. The van der Waals surface area contributed by atoms with Gasteiger partial charge in [0.05, 0.1) is 13.2 Å². The van der Waals surface area contributed by atoms with Gasteiger partial charge >= 0.3 is 0 Å². The van der Waals surface area contributed by atoms with E-state index in [1.165, 1.54) is 0 Å². The molecule has 0 aromatic rings. The highest BCUT2D eigenvalue weighted by Gasteiger charge is 1.95. The Morgan fingerprint density at radius 2 is 2.30 bits per heavy atom. The lowest BCUT2D eigenvalue weighted by atomic mass is 10.4. The molecule has 0 atom stereocenters. The number of halogens is 1. The minimum Gasteiger partial charge on any atom is -0.274 e. The Balaban J connectivity index is 0.000000810. The normalized spacial score (nSPS) is 15.1. The Morgan fingerprint density at radius 3 is 2.80 bits per heavy atom. The lowest BCUT2D eigenvalue weighted by molar-refractivity contribution is -0.107. The van der Waals surface area contributed by atoms with Crippen molar-refractivity contribution >= 4 is 12.4 Å². The minimum atomic E-state index is 0. The van der Waals surface area contributed by atoms with E-state index in [-0.39, 0.29) is 12.4 Å². The zero-order valence-corrected chi connectivity index (χ0v) is 6.80. The van der Waals surface area contributed by atoms with Crippen molar-refractivity contribution < 1.29 is 4.84 Å². The second-order valence-electron chi connectivity index (χ2n) is 1.79. The van der Waals surface area contributed by atoms with Crippen molar-refractivity contribution in [3.63, 3.8) is 0 Å². The summed E-state index contributed by atoms with van der Waals surface area (Å²) in [6.45, 7) is 3.58. The standard InChI is InChI=1S/C7H11NO.ClH/c1-2-9-8-6-4-3-5-7-8;/h3-6H,2,7H2,1H3;1H. The summed E-state index contributed by atoms with van der Waals surface area (Å²) >= 11 is 0. The van der Waals surface area contributed by atoms with Gasteiger partial charge in [0.1, 0.15) is 0 Å². The summed E-state index contributed by atoms with van der Waals surface area (Å²) in [5.41, 5.74) is 0. The van der Waals surface area contributed by atoms with Crippen LogP contribution in [0.3, 0.4) is 0 Å². The van der Waals surface area contributed by atoms with E-state index in [9.17, 15) is 0 Å². The summed E-state index contributed by atoms with van der Waals surface area (Å²) < 4.78 is 0. The van der Waals surface area contributed by atoms with Gasteiger partial charge in [-0.3, -0.25) is 9.90 Å². The quantitative estimate of drug-likeness (QED) is 0.612. The van der Waals surface area contributed by atoms with Crippen molar-refractivity contribution in [1.29, 1.82) is 0 Å². The van der Waals surface area contributed by atoms with Crippen LogP contribution in [0.5, 0.6) is 0 Å². The molecular weight excluding hydrogens is 150 g/mol. The third-order valence-corrected chi connectivity index (χ3v) is 1.08. The molecule has 0 bridgehead atoms. The molecule has 0 aromatic carbocycles. The lowest BCUT2D eigenvalue weighted by Gasteiger charge is -2.18. The molecule has 0 unspecified atom stereocenters. The van der Waals surface area contributed by atoms with E-state index in [1.54, 1.807) is 5.06 Å². The summed E-state index contributed by atoms with van der Waals surface area (Å²) in [5.74, 6) is 0. The van der Waals surface area contributed by atoms with Gasteiger partial charge in [0.25, 0.3) is 0 Å². The predicted molar refractivity (Wildman–Crippen MR) is 43.9 cm³/mol. The van der Waals surface area contributed by atoms with Crippen molar-refractivity contribution in [2.75, 3.05) is 13.2 Å². The van der Waals surface area contributed by atoms with Gasteiger partial charge in [0.15, 0.2) is 0 Å². The van der Waals surface area contributed by atoms with Crippen LogP contribution in [0.25, 0.3) is 0 Å². The zero-order chi connectivity index (χ0) is 6.53. The van der Waals surface area contributed by atoms with E-state index in [1.807, 2.05) is 25.3 Å². The SMILES string of the molecule is CCON1C=CC=CC1.Cl. The Bertz CT molecular complexity index is 134. The van der Waals surface area contributed by atoms with Gasteiger partial charge in [-0.05, 0) is 13.0 Å². The molecule has 1 aliphatic rings. The average Bonchev–Trinajstić information content (AvgIpc) is 1.91. The van der Waals surface area contributed by atoms with Crippen LogP contribution in [-0.4, -0.2) is 18.2 Å². The maximum absolute atomic E-state index is 5.18. The van der Waals surface area contributed by atoms with Crippen LogP contribution in [0.4, 0.5) is 0 Å². The summed E-state index contributed by atoms with van der Waals surface area (Å²) in [5, 5.41) is 1.81. The molecule has 0 saturated carbocycles. The molecule has 58 valence electrons. The highest BCUT2D eigenvalue weighted by Crippen LogP contribution is 1.97. The molecule has 1 aliphatic heterocycles. The molecule has 0 fully saturated rings. The molecule has 0 spiro atoms. The largest absolute Gasteiger partial charge is 0.274 e. The summed E-state index contributed by atoms with van der Waals surface area (Å²) in [6, 6.07) is 0. The van der Waals surface area contributed by atoms with Gasteiger partial charge in [-0.25, -0.2) is 0 Å². The molecular formula is C7H12ClNO. The van der Waals surface area contributed by atoms with Crippen LogP contribution in [0.15, 0.2) is 24.4 Å². The van der Waals surface area contributed by atoms with Gasteiger partial charge in [0, 0.05) is 6.20 Å². The van der Waals surface area contributed by atoms with E-state index in [4.69, 9.17) is 4.84 Å². The first kappa shape index (κ1) is 9.53. The first-order valence-corrected chi connectivity index (χ1v) is 3.16. The van der Waals surface area contributed by atoms with E-state index in [0.29, 0.717) is 0 Å². The molecule has 2 nitrogen and oxygen atoms in total. The van der Waals surface area contributed by atoms with Crippen LogP contribution in [0, 0.1) is 0 Å². The molecule has 3 heteroatoms. The van der Waals surface area contributed by atoms with Gasteiger partial charge < -0.3 is 0 Å². The maximum Gasteiger partial charge on any atom is 0.0720 e. The number of hydroxylamine groups is 2. The Labute approximate surface area is 67.5 Å². The molecule has 0 amide bonds. The van der Waals surface area contributed by atoms with Gasteiger partial charge in [-0.1, -0.05) is 12.2 Å². The molecule has 0 N–H and O–H groups in total. The van der Waals surface area contributed by atoms with Crippen LogP contribution in [0.1, 0.15) is 6.92 Å². The van der Waals surface area contributed by atoms with Crippen molar-refractivity contribution in [3.05, 3.63) is 24.4 Å². The smallest absolute Gasteiger partial charge is 0.0720 e. The van der Waals surface area contributed by atoms with Crippen LogP contribution in [0.2, 0.25) is 0 Å². The van der Waals surface area contributed by atoms with E-state index in [2.05, 4.69) is 6.08 Å². The molecule has 0 saturated heterocycles.